The molecule has 0 amide bonds. The van der Waals surface area contributed by atoms with E-state index in [4.69, 9.17) is 15.2 Å². The van der Waals surface area contributed by atoms with Crippen LogP contribution in [0.3, 0.4) is 0 Å². The predicted octanol–water partition coefficient (Wildman–Crippen LogP) is 4.07. The third kappa shape index (κ3) is 2.94. The van der Waals surface area contributed by atoms with Gasteiger partial charge in [0, 0.05) is 10.0 Å². The Labute approximate surface area is 164 Å². The summed E-state index contributed by atoms with van der Waals surface area (Å²) in [7, 11) is 1.62. The maximum atomic E-state index is 9.73. The Balaban J connectivity index is 1.93. The van der Waals surface area contributed by atoms with Gasteiger partial charge in [-0.1, -0.05) is 40.2 Å². The minimum Gasteiger partial charge on any atom is -0.497 e. The molecule has 134 valence electrons. The Bertz CT molecular complexity index is 1080. The quantitative estimate of drug-likeness (QED) is 0.662. The van der Waals surface area contributed by atoms with E-state index in [1.807, 2.05) is 48.5 Å². The highest BCUT2D eigenvalue weighted by atomic mass is 79.9. The summed E-state index contributed by atoms with van der Waals surface area (Å²) in [5, 5.41) is 17.0. The van der Waals surface area contributed by atoms with Crippen LogP contribution in [-0.2, 0) is 0 Å². The fourth-order valence-electron chi connectivity index (χ4n) is 3.23. The largest absolute Gasteiger partial charge is 0.497 e. The van der Waals surface area contributed by atoms with E-state index >= 15 is 0 Å². The average molecular weight is 423 g/mol. The van der Waals surface area contributed by atoms with E-state index in [1.165, 1.54) is 0 Å². The molecule has 1 aliphatic rings. The molecule has 7 heteroatoms. The van der Waals surface area contributed by atoms with Gasteiger partial charge in [0.25, 0.3) is 0 Å². The first kappa shape index (κ1) is 17.2. The maximum Gasteiger partial charge on any atom is 0.244 e. The number of H-pyrrole nitrogens is 1. The Hall–Kier alpha value is -3.24. The van der Waals surface area contributed by atoms with Crippen molar-refractivity contribution in [1.29, 1.82) is 5.26 Å². The minimum absolute atomic E-state index is 0.0709. The number of methoxy groups -OCH3 is 1. The Morgan fingerprint density at radius 2 is 2.04 bits per heavy atom. The van der Waals surface area contributed by atoms with Crippen LogP contribution in [0.15, 0.2) is 64.5 Å². The molecule has 0 radical (unpaired) electrons. The standard InChI is InChI=1S/C20H15BrN4O2/c1-26-14-4-2-3-12(9-14)18-17-16(11-5-7-13(21)8-6-11)15(10-22)19(23)27-20(17)25-24-18/h2-9,16H,23H2,1H3,(H,24,25)/t16-/m0/s1. The lowest BCUT2D eigenvalue weighted by molar-refractivity contribution is 0.379. The van der Waals surface area contributed by atoms with Crippen molar-refractivity contribution < 1.29 is 9.47 Å². The number of hydrogen-bond acceptors (Lipinski definition) is 5. The number of ether oxygens (including phenoxy) is 2. The molecule has 0 fully saturated rings. The third-order valence-corrected chi connectivity index (χ3v) is 5.03. The number of nitrogens with two attached hydrogens (primary N) is 1. The number of fused-ring (bicyclic) bond motifs is 1. The second kappa shape index (κ2) is 6.82. The lowest BCUT2D eigenvalue weighted by atomic mass is 9.83. The van der Waals surface area contributed by atoms with E-state index in [0.29, 0.717) is 11.5 Å². The Morgan fingerprint density at radius 3 is 2.74 bits per heavy atom. The van der Waals surface area contributed by atoms with Crippen LogP contribution in [0.5, 0.6) is 11.6 Å². The van der Waals surface area contributed by atoms with Crippen molar-refractivity contribution in [3.8, 4) is 29.0 Å². The van der Waals surface area contributed by atoms with Crippen molar-refractivity contribution in [1.82, 2.24) is 10.2 Å². The first-order valence-corrected chi connectivity index (χ1v) is 8.97. The van der Waals surface area contributed by atoms with Crippen LogP contribution >= 0.6 is 15.9 Å². The Morgan fingerprint density at radius 1 is 1.26 bits per heavy atom. The number of aromatic nitrogens is 2. The smallest absolute Gasteiger partial charge is 0.244 e. The van der Waals surface area contributed by atoms with E-state index in [-0.39, 0.29) is 11.8 Å². The van der Waals surface area contributed by atoms with Crippen molar-refractivity contribution >= 4 is 15.9 Å². The van der Waals surface area contributed by atoms with Gasteiger partial charge in [0.2, 0.25) is 11.8 Å². The van der Waals surface area contributed by atoms with Gasteiger partial charge < -0.3 is 15.2 Å². The highest BCUT2D eigenvalue weighted by Crippen LogP contribution is 2.45. The van der Waals surface area contributed by atoms with Crippen LogP contribution in [0.25, 0.3) is 11.3 Å². The first-order chi connectivity index (χ1) is 13.1. The molecule has 1 atom stereocenters. The number of benzene rings is 2. The van der Waals surface area contributed by atoms with E-state index in [1.54, 1.807) is 7.11 Å². The van der Waals surface area contributed by atoms with Gasteiger partial charge in [-0.3, -0.25) is 5.10 Å². The van der Waals surface area contributed by atoms with Crippen molar-refractivity contribution in [3.63, 3.8) is 0 Å². The fourth-order valence-corrected chi connectivity index (χ4v) is 3.50. The summed E-state index contributed by atoms with van der Waals surface area (Å²) in [6.45, 7) is 0. The molecule has 3 N–H and O–H groups in total. The third-order valence-electron chi connectivity index (χ3n) is 4.50. The van der Waals surface area contributed by atoms with Gasteiger partial charge in [0.05, 0.1) is 24.3 Å². The van der Waals surface area contributed by atoms with Gasteiger partial charge in [0.1, 0.15) is 17.4 Å². The van der Waals surface area contributed by atoms with Crippen molar-refractivity contribution in [2.75, 3.05) is 7.11 Å². The van der Waals surface area contributed by atoms with Crippen LogP contribution < -0.4 is 15.2 Å². The zero-order chi connectivity index (χ0) is 19.0. The molecular formula is C20H15BrN4O2. The van der Waals surface area contributed by atoms with Crippen LogP contribution in [0.1, 0.15) is 17.0 Å². The number of aromatic amines is 1. The highest BCUT2D eigenvalue weighted by Gasteiger charge is 2.35. The van der Waals surface area contributed by atoms with Crippen molar-refractivity contribution in [3.05, 3.63) is 75.6 Å². The van der Waals surface area contributed by atoms with Crippen molar-refractivity contribution in [2.45, 2.75) is 5.92 Å². The second-order valence-electron chi connectivity index (χ2n) is 6.03. The summed E-state index contributed by atoms with van der Waals surface area (Å²) in [5.74, 6) is 0.786. The highest BCUT2D eigenvalue weighted by molar-refractivity contribution is 9.10. The summed E-state index contributed by atoms with van der Waals surface area (Å²) in [4.78, 5) is 0. The van der Waals surface area contributed by atoms with Crippen LogP contribution in [0, 0.1) is 11.3 Å². The molecular weight excluding hydrogens is 408 g/mol. The van der Waals surface area contributed by atoms with Gasteiger partial charge in [-0.05, 0) is 29.8 Å². The number of rotatable bonds is 3. The number of halogens is 1. The first-order valence-electron chi connectivity index (χ1n) is 8.18. The van der Waals surface area contributed by atoms with Gasteiger partial charge in [-0.2, -0.15) is 5.26 Å². The maximum absolute atomic E-state index is 9.73. The van der Waals surface area contributed by atoms with Gasteiger partial charge in [0.15, 0.2) is 0 Å². The zero-order valence-corrected chi connectivity index (χ0v) is 15.9. The molecule has 0 aliphatic carbocycles. The monoisotopic (exact) mass is 422 g/mol. The minimum atomic E-state index is -0.383. The van der Waals surface area contributed by atoms with E-state index in [0.717, 1.165) is 32.6 Å². The van der Waals surface area contributed by atoms with Gasteiger partial charge >= 0.3 is 0 Å². The molecule has 6 nitrogen and oxygen atoms in total. The SMILES string of the molecule is COc1cccc(-c2[nH]nc3c2[C@@H](c2ccc(Br)cc2)C(C#N)=C(N)O3)c1. The van der Waals surface area contributed by atoms with Crippen LogP contribution in [-0.4, -0.2) is 17.3 Å². The summed E-state index contributed by atoms with van der Waals surface area (Å²) in [5.41, 5.74) is 9.70. The summed E-state index contributed by atoms with van der Waals surface area (Å²) in [6.07, 6.45) is 0. The molecule has 3 aromatic rings. The molecule has 0 bridgehead atoms. The number of nitrogens with zero attached hydrogens (tertiary/aromatic N) is 2. The van der Waals surface area contributed by atoms with Crippen molar-refractivity contribution in [2.24, 2.45) is 5.73 Å². The molecule has 0 saturated carbocycles. The van der Waals surface area contributed by atoms with E-state index < -0.39 is 0 Å². The lowest BCUT2D eigenvalue weighted by Gasteiger charge is -2.24. The van der Waals surface area contributed by atoms with E-state index in [2.05, 4.69) is 32.2 Å². The molecule has 2 aromatic carbocycles. The molecule has 1 aromatic heterocycles. The summed E-state index contributed by atoms with van der Waals surface area (Å²) >= 11 is 3.45. The number of nitriles is 1. The lowest BCUT2D eigenvalue weighted by Crippen LogP contribution is -2.20. The zero-order valence-electron chi connectivity index (χ0n) is 14.4. The number of allylic oxidation sites excluding steroid dienone is 1. The fraction of sp³-hybridized carbons (Fsp3) is 0.100. The van der Waals surface area contributed by atoms with E-state index in [9.17, 15) is 5.26 Å². The molecule has 27 heavy (non-hydrogen) atoms. The molecule has 2 heterocycles. The van der Waals surface area contributed by atoms with Gasteiger partial charge in [-0.25, -0.2) is 0 Å². The summed E-state index contributed by atoms with van der Waals surface area (Å²) in [6, 6.07) is 17.6. The van der Waals surface area contributed by atoms with Crippen LogP contribution in [0.4, 0.5) is 0 Å². The van der Waals surface area contributed by atoms with Crippen LogP contribution in [0.2, 0.25) is 0 Å². The molecule has 0 spiro atoms. The Kier molecular flexibility index (Phi) is 4.34. The number of hydrogen-bond donors (Lipinski definition) is 2. The van der Waals surface area contributed by atoms with Gasteiger partial charge in [-0.15, -0.1) is 5.10 Å². The molecule has 4 rings (SSSR count). The topological polar surface area (TPSA) is 97.0 Å². The summed E-state index contributed by atoms with van der Waals surface area (Å²) < 4.78 is 11.9. The normalized spacial score (nSPS) is 15.7. The second-order valence-corrected chi connectivity index (χ2v) is 6.94. The molecule has 1 aliphatic heterocycles. The molecule has 0 saturated heterocycles. The number of nitrogens with one attached hydrogen (secondary N) is 1. The molecule has 0 unspecified atom stereocenters. The predicted molar refractivity (Wildman–Crippen MR) is 104 cm³/mol. The average Bonchev–Trinajstić information content (AvgIpc) is 3.11.